The third-order valence-electron chi connectivity index (χ3n) is 13.7. The molecule has 0 saturated heterocycles. The lowest BCUT2D eigenvalue weighted by molar-refractivity contribution is 0.484. The van der Waals surface area contributed by atoms with Crippen LogP contribution in [0.3, 0.4) is 0 Å². The monoisotopic (exact) mass is 955 g/mol. The zero-order valence-corrected chi connectivity index (χ0v) is 43.2. The second-order valence-corrected chi connectivity index (χ2v) is 23.8. The molecule has 8 aromatic carbocycles. The molecule has 10 rings (SSSR count). The van der Waals surface area contributed by atoms with Crippen LogP contribution in [0.15, 0.2) is 167 Å². The molecule has 2 heterocycles. The first-order valence-electron chi connectivity index (χ1n) is 24.0. The zero-order valence-electron chi connectivity index (χ0n) is 41.7. The third-order valence-corrected chi connectivity index (χ3v) is 14.2. The molecule has 0 spiro atoms. The van der Waals surface area contributed by atoms with E-state index in [4.69, 9.17) is 9.15 Å². The fraction of sp³-hybridized carbons (Fsp3) is 0.250. The van der Waals surface area contributed by atoms with E-state index in [-0.39, 0.29) is 21.7 Å². The molecular formula is C64H62BrNO2. The van der Waals surface area contributed by atoms with E-state index in [1.165, 1.54) is 38.6 Å². The van der Waals surface area contributed by atoms with Gasteiger partial charge in [0.1, 0.15) is 17.1 Å². The molecule has 3 nitrogen and oxygen atoms in total. The van der Waals surface area contributed by atoms with Crippen LogP contribution >= 0.6 is 15.9 Å². The molecule has 0 atom stereocenters. The zero-order chi connectivity index (χ0) is 48.1. The molecule has 0 aliphatic carbocycles. The van der Waals surface area contributed by atoms with E-state index in [9.17, 15) is 0 Å². The summed E-state index contributed by atoms with van der Waals surface area (Å²) in [5.41, 5.74) is 16.8. The van der Waals surface area contributed by atoms with Gasteiger partial charge in [0.15, 0.2) is 5.58 Å². The molecule has 0 amide bonds. The molecule has 68 heavy (non-hydrogen) atoms. The number of nitrogens with zero attached hydrogens (tertiary/aromatic N) is 1. The van der Waals surface area contributed by atoms with E-state index in [1.807, 2.05) is 0 Å². The van der Waals surface area contributed by atoms with Crippen LogP contribution in [0.1, 0.15) is 105 Å². The van der Waals surface area contributed by atoms with Crippen LogP contribution in [0.25, 0.3) is 82.8 Å². The van der Waals surface area contributed by atoms with Gasteiger partial charge in [-0.25, -0.2) is 0 Å². The van der Waals surface area contributed by atoms with E-state index in [0.717, 1.165) is 82.4 Å². The maximum atomic E-state index is 7.15. The molecule has 0 N–H and O–H groups in total. The number of hydrogen-bond acceptors (Lipinski definition) is 2. The van der Waals surface area contributed by atoms with E-state index in [2.05, 4.69) is 261 Å². The highest BCUT2D eigenvalue weighted by atomic mass is 79.9. The van der Waals surface area contributed by atoms with Crippen molar-refractivity contribution in [3.63, 3.8) is 0 Å². The first kappa shape index (κ1) is 45.4. The Balaban J connectivity index is 1.17. The number of fused-ring (bicyclic) bond motifs is 6. The molecule has 0 fully saturated rings. The smallest absolute Gasteiger partial charge is 0.159 e. The Bertz CT molecular complexity index is 3470. The van der Waals surface area contributed by atoms with Crippen molar-refractivity contribution in [3.05, 3.63) is 184 Å². The molecule has 0 aliphatic rings. The van der Waals surface area contributed by atoms with Crippen molar-refractivity contribution in [3.8, 4) is 50.6 Å². The lowest BCUT2D eigenvalue weighted by Crippen LogP contribution is -2.16. The van der Waals surface area contributed by atoms with Crippen LogP contribution in [-0.4, -0.2) is 4.57 Å². The number of halogens is 1. The Labute approximate surface area is 410 Å². The van der Waals surface area contributed by atoms with Crippen LogP contribution in [0.4, 0.5) is 0 Å². The largest absolute Gasteiger partial charge is 0.457 e. The summed E-state index contributed by atoms with van der Waals surface area (Å²) in [5.74, 6) is 1.53. The predicted octanol–water partition coefficient (Wildman–Crippen LogP) is 19.4. The number of rotatable bonds is 6. The van der Waals surface area contributed by atoms with Crippen molar-refractivity contribution in [2.24, 2.45) is 0 Å². The average molecular weight is 957 g/mol. The molecule has 0 unspecified atom stereocenters. The lowest BCUT2D eigenvalue weighted by Gasteiger charge is -2.27. The molecule has 2 aromatic heterocycles. The van der Waals surface area contributed by atoms with Gasteiger partial charge in [-0.2, -0.15) is 0 Å². The minimum atomic E-state index is -0.0253. The number of benzene rings is 8. The van der Waals surface area contributed by atoms with Gasteiger partial charge in [0.05, 0.1) is 16.7 Å². The maximum Gasteiger partial charge on any atom is 0.159 e. The van der Waals surface area contributed by atoms with Gasteiger partial charge in [-0.05, 0) is 138 Å². The maximum absolute atomic E-state index is 7.15. The normalized spacial score (nSPS) is 12.8. The topological polar surface area (TPSA) is 27.3 Å². The van der Waals surface area contributed by atoms with Crippen molar-refractivity contribution in [2.75, 3.05) is 0 Å². The lowest BCUT2D eigenvalue weighted by atomic mass is 9.78. The molecule has 342 valence electrons. The van der Waals surface area contributed by atoms with Gasteiger partial charge in [0, 0.05) is 31.6 Å². The van der Waals surface area contributed by atoms with Crippen LogP contribution in [-0.2, 0) is 21.7 Å². The molecule has 0 bridgehead atoms. The first-order valence-corrected chi connectivity index (χ1v) is 24.8. The summed E-state index contributed by atoms with van der Waals surface area (Å²) in [6, 6.07) is 57.7. The number of aromatic nitrogens is 1. The highest BCUT2D eigenvalue weighted by Crippen LogP contribution is 2.46. The van der Waals surface area contributed by atoms with Gasteiger partial charge in [-0.15, -0.1) is 0 Å². The van der Waals surface area contributed by atoms with Gasteiger partial charge in [-0.3, -0.25) is 0 Å². The Morgan fingerprint density at radius 1 is 0.426 bits per heavy atom. The van der Waals surface area contributed by atoms with Crippen molar-refractivity contribution in [1.29, 1.82) is 0 Å². The van der Waals surface area contributed by atoms with Crippen molar-refractivity contribution in [2.45, 2.75) is 105 Å². The Kier molecular flexibility index (Phi) is 11.0. The minimum absolute atomic E-state index is 0.00700. The van der Waals surface area contributed by atoms with Crippen molar-refractivity contribution in [1.82, 2.24) is 4.57 Å². The molecular weight excluding hydrogens is 895 g/mol. The van der Waals surface area contributed by atoms with E-state index >= 15 is 0 Å². The molecule has 10 aromatic rings. The fourth-order valence-corrected chi connectivity index (χ4v) is 10.2. The van der Waals surface area contributed by atoms with Gasteiger partial charge in [0.2, 0.25) is 0 Å². The van der Waals surface area contributed by atoms with Crippen LogP contribution < -0.4 is 4.74 Å². The van der Waals surface area contributed by atoms with Crippen molar-refractivity contribution < 1.29 is 9.15 Å². The Morgan fingerprint density at radius 2 is 1.00 bits per heavy atom. The molecule has 4 heteroatoms. The number of para-hydroxylation sites is 1. The summed E-state index contributed by atoms with van der Waals surface area (Å²) in [6.07, 6.45) is 0. The molecule has 0 radical (unpaired) electrons. The second kappa shape index (κ2) is 16.4. The summed E-state index contributed by atoms with van der Waals surface area (Å²) >= 11 is 3.94. The van der Waals surface area contributed by atoms with Gasteiger partial charge in [-0.1, -0.05) is 190 Å². The highest BCUT2D eigenvalue weighted by molar-refractivity contribution is 9.10. The van der Waals surface area contributed by atoms with E-state index in [0.29, 0.717) is 0 Å². The summed E-state index contributed by atoms with van der Waals surface area (Å²) in [6.45, 7) is 27.5. The summed E-state index contributed by atoms with van der Waals surface area (Å²) in [7, 11) is 0. The van der Waals surface area contributed by atoms with E-state index in [1.54, 1.807) is 0 Å². The highest BCUT2D eigenvalue weighted by Gasteiger charge is 2.26. The number of ether oxygens (including phenoxy) is 1. The standard InChI is InChI=1S/C64H62BrNO2/c1-61(2,3)43-25-27-54-51(36-43)52-37-44(62(4,5)6)26-28-55(52)66(54)56-34-41(33-53-50-21-16-17-23-57(50)68-60(53)56)40-31-47(65)38-48(32-40)67-58-24-18-22-49(59(58)39-19-14-13-15-20-39)42-29-45(63(7,8)9)35-46(30-42)64(10,11)12/h13-38H,1-12H3. The summed E-state index contributed by atoms with van der Waals surface area (Å²) < 4.78 is 17.4. The second-order valence-electron chi connectivity index (χ2n) is 22.9. The van der Waals surface area contributed by atoms with Gasteiger partial charge < -0.3 is 13.7 Å². The Hall–Kier alpha value is -6.36. The summed E-state index contributed by atoms with van der Waals surface area (Å²) in [4.78, 5) is 0. The average Bonchev–Trinajstić information content (AvgIpc) is 3.82. The SMILES string of the molecule is CC(C)(C)c1cc(-c2cccc(Oc3cc(Br)cc(-c4cc(-n5c6ccc(C(C)(C)C)cc6c6cc(C(C)(C)C)ccc65)c5oc6ccccc6c5c4)c3)c2-c2ccccc2)cc(C(C)(C)C)c1. The van der Waals surface area contributed by atoms with Gasteiger partial charge >= 0.3 is 0 Å². The third kappa shape index (κ3) is 8.36. The van der Waals surface area contributed by atoms with Crippen molar-refractivity contribution >= 4 is 59.7 Å². The van der Waals surface area contributed by atoms with Crippen LogP contribution in [0.5, 0.6) is 11.5 Å². The molecule has 0 saturated carbocycles. The van der Waals surface area contributed by atoms with E-state index < -0.39 is 0 Å². The molecule has 0 aliphatic heterocycles. The summed E-state index contributed by atoms with van der Waals surface area (Å²) in [5, 5.41) is 4.62. The quantitative estimate of drug-likeness (QED) is 0.166. The number of furan rings is 1. The first-order chi connectivity index (χ1) is 32.1. The Morgan fingerprint density at radius 3 is 1.60 bits per heavy atom. The van der Waals surface area contributed by atoms with Crippen LogP contribution in [0.2, 0.25) is 0 Å². The van der Waals surface area contributed by atoms with Gasteiger partial charge in [0.25, 0.3) is 0 Å². The minimum Gasteiger partial charge on any atom is -0.457 e. The van der Waals surface area contributed by atoms with Crippen LogP contribution in [0, 0.1) is 0 Å². The number of hydrogen-bond donors (Lipinski definition) is 0. The fourth-order valence-electron chi connectivity index (χ4n) is 9.68. The predicted molar refractivity (Wildman–Crippen MR) is 293 cm³/mol.